The molecule has 5 nitrogen and oxygen atoms in total. The average molecular weight is 371 g/mol. The summed E-state index contributed by atoms with van der Waals surface area (Å²) in [6.45, 7) is 1.08. The summed E-state index contributed by atoms with van der Waals surface area (Å²) in [6.07, 6.45) is 0.158. The summed E-state index contributed by atoms with van der Waals surface area (Å²) in [7, 11) is -2.76. The number of aliphatic hydroxyl groups is 1. The molecule has 0 aliphatic rings. The van der Waals surface area contributed by atoms with Crippen molar-refractivity contribution >= 4 is 10.0 Å². The van der Waals surface area contributed by atoms with Crippen LogP contribution in [0.25, 0.3) is 0 Å². The summed E-state index contributed by atoms with van der Waals surface area (Å²) in [5.74, 6) is -1.28. The van der Waals surface area contributed by atoms with Crippen LogP contribution in [-0.4, -0.2) is 32.8 Å². The van der Waals surface area contributed by atoms with Crippen LogP contribution < -0.4 is 9.46 Å². The van der Waals surface area contributed by atoms with Gasteiger partial charge in [0.05, 0.1) is 12.7 Å². The fraction of sp³-hybridized carbons (Fsp3) is 0.294. The van der Waals surface area contributed by atoms with E-state index in [1.165, 1.54) is 14.0 Å². The number of hydrogen-bond acceptors (Lipinski definition) is 4. The zero-order valence-electron chi connectivity index (χ0n) is 13.8. The first-order chi connectivity index (χ1) is 11.6. The summed E-state index contributed by atoms with van der Waals surface area (Å²) in [5, 5.41) is 10.4. The minimum atomic E-state index is -4.29. The standard InChI is InChI=1S/C17H19F2NO4S/c1-17(21,10-12-3-6-14(24-2)7-4-12)11-20-25(22,23)16-9-13(18)5-8-15(16)19/h3-9,20-21H,10-11H2,1-2H3/t17-/m1/s1. The Bertz CT molecular complexity index is 836. The van der Waals surface area contributed by atoms with Gasteiger partial charge in [-0.25, -0.2) is 21.9 Å². The molecule has 2 rings (SSSR count). The second kappa shape index (κ2) is 7.47. The van der Waals surface area contributed by atoms with Crippen molar-refractivity contribution in [3.63, 3.8) is 0 Å². The van der Waals surface area contributed by atoms with Crippen molar-refractivity contribution in [1.82, 2.24) is 4.72 Å². The monoisotopic (exact) mass is 371 g/mol. The lowest BCUT2D eigenvalue weighted by Crippen LogP contribution is -2.42. The third kappa shape index (κ3) is 5.22. The molecule has 0 aliphatic heterocycles. The number of sulfonamides is 1. The molecule has 8 heteroatoms. The largest absolute Gasteiger partial charge is 0.497 e. The van der Waals surface area contributed by atoms with Crippen molar-refractivity contribution in [2.45, 2.75) is 23.8 Å². The lowest BCUT2D eigenvalue weighted by Gasteiger charge is -2.24. The highest BCUT2D eigenvalue weighted by atomic mass is 32.2. The van der Waals surface area contributed by atoms with Crippen LogP contribution in [0.4, 0.5) is 8.78 Å². The van der Waals surface area contributed by atoms with Gasteiger partial charge >= 0.3 is 0 Å². The SMILES string of the molecule is COc1ccc(C[C@@](C)(O)CNS(=O)(=O)c2cc(F)ccc2F)cc1. The number of benzene rings is 2. The fourth-order valence-electron chi connectivity index (χ4n) is 2.26. The van der Waals surface area contributed by atoms with E-state index in [2.05, 4.69) is 4.72 Å². The van der Waals surface area contributed by atoms with E-state index in [0.29, 0.717) is 11.8 Å². The smallest absolute Gasteiger partial charge is 0.243 e. The highest BCUT2D eigenvalue weighted by molar-refractivity contribution is 7.89. The maximum absolute atomic E-state index is 13.6. The highest BCUT2D eigenvalue weighted by Gasteiger charge is 2.26. The molecule has 25 heavy (non-hydrogen) atoms. The lowest BCUT2D eigenvalue weighted by molar-refractivity contribution is 0.0656. The molecule has 0 bridgehead atoms. The minimum Gasteiger partial charge on any atom is -0.497 e. The highest BCUT2D eigenvalue weighted by Crippen LogP contribution is 2.19. The normalized spacial score (nSPS) is 14.1. The Balaban J connectivity index is 2.08. The van der Waals surface area contributed by atoms with E-state index in [1.807, 2.05) is 0 Å². The molecule has 0 heterocycles. The molecular formula is C17H19F2NO4S. The van der Waals surface area contributed by atoms with Gasteiger partial charge < -0.3 is 9.84 Å². The van der Waals surface area contributed by atoms with E-state index in [4.69, 9.17) is 4.74 Å². The van der Waals surface area contributed by atoms with Crippen LogP contribution in [0.5, 0.6) is 5.75 Å². The maximum atomic E-state index is 13.6. The molecule has 0 amide bonds. The fourth-order valence-corrected chi connectivity index (χ4v) is 3.51. The molecule has 0 unspecified atom stereocenters. The Kier molecular flexibility index (Phi) is 5.76. The Morgan fingerprint density at radius 2 is 1.80 bits per heavy atom. The van der Waals surface area contributed by atoms with Gasteiger partial charge in [-0.1, -0.05) is 12.1 Å². The van der Waals surface area contributed by atoms with Crippen LogP contribution in [0, 0.1) is 11.6 Å². The molecule has 0 saturated carbocycles. The van der Waals surface area contributed by atoms with Gasteiger partial charge in [-0.2, -0.15) is 0 Å². The van der Waals surface area contributed by atoms with Crippen LogP contribution in [0.3, 0.4) is 0 Å². The van der Waals surface area contributed by atoms with Crippen LogP contribution in [0.15, 0.2) is 47.4 Å². The van der Waals surface area contributed by atoms with E-state index in [-0.39, 0.29) is 13.0 Å². The third-order valence-electron chi connectivity index (χ3n) is 3.57. The third-order valence-corrected chi connectivity index (χ3v) is 4.99. The zero-order chi connectivity index (χ0) is 18.7. The van der Waals surface area contributed by atoms with Crippen molar-refractivity contribution in [3.05, 3.63) is 59.7 Å². The molecule has 2 aromatic carbocycles. The first kappa shape index (κ1) is 19.3. The maximum Gasteiger partial charge on any atom is 0.243 e. The van der Waals surface area contributed by atoms with Crippen molar-refractivity contribution in [1.29, 1.82) is 0 Å². The number of halogens is 2. The van der Waals surface area contributed by atoms with Crippen molar-refractivity contribution in [3.8, 4) is 5.75 Å². The van der Waals surface area contributed by atoms with E-state index in [1.54, 1.807) is 24.3 Å². The Morgan fingerprint density at radius 1 is 1.16 bits per heavy atom. The number of rotatable bonds is 7. The molecule has 0 fully saturated rings. The molecule has 0 aromatic heterocycles. The Morgan fingerprint density at radius 3 is 2.40 bits per heavy atom. The van der Waals surface area contributed by atoms with Crippen molar-refractivity contribution in [2.75, 3.05) is 13.7 Å². The molecule has 0 aliphatic carbocycles. The molecule has 0 radical (unpaired) electrons. The van der Waals surface area contributed by atoms with Gasteiger partial charge in [0.15, 0.2) is 0 Å². The zero-order valence-corrected chi connectivity index (χ0v) is 14.6. The molecule has 0 saturated heterocycles. The molecule has 2 N–H and O–H groups in total. The summed E-state index contributed by atoms with van der Waals surface area (Å²) in [4.78, 5) is -0.798. The van der Waals surface area contributed by atoms with E-state index < -0.39 is 32.2 Å². The molecule has 136 valence electrons. The summed E-state index contributed by atoms with van der Waals surface area (Å²) >= 11 is 0. The van der Waals surface area contributed by atoms with Crippen LogP contribution in [0.2, 0.25) is 0 Å². The number of methoxy groups -OCH3 is 1. The molecular weight excluding hydrogens is 352 g/mol. The number of nitrogens with one attached hydrogen (secondary N) is 1. The molecule has 2 aromatic rings. The van der Waals surface area contributed by atoms with Gasteiger partial charge in [-0.3, -0.25) is 0 Å². The quantitative estimate of drug-likeness (QED) is 0.783. The second-order valence-corrected chi connectivity index (χ2v) is 7.66. The topological polar surface area (TPSA) is 75.6 Å². The van der Waals surface area contributed by atoms with E-state index in [0.717, 1.165) is 17.7 Å². The summed E-state index contributed by atoms with van der Waals surface area (Å²) in [5.41, 5.74) is -0.659. The molecule has 1 atom stereocenters. The van der Waals surface area contributed by atoms with Crippen LogP contribution >= 0.6 is 0 Å². The first-order valence-electron chi connectivity index (χ1n) is 7.43. The average Bonchev–Trinajstić information content (AvgIpc) is 2.56. The predicted octanol–water partition coefficient (Wildman–Crippen LogP) is 2.25. The number of ether oxygens (including phenoxy) is 1. The van der Waals surface area contributed by atoms with E-state index >= 15 is 0 Å². The molecule has 0 spiro atoms. The first-order valence-corrected chi connectivity index (χ1v) is 8.91. The predicted molar refractivity (Wildman–Crippen MR) is 88.9 cm³/mol. The van der Waals surface area contributed by atoms with Gasteiger partial charge in [-0.05, 0) is 42.8 Å². The van der Waals surface area contributed by atoms with Gasteiger partial charge in [0.1, 0.15) is 22.3 Å². The van der Waals surface area contributed by atoms with Crippen molar-refractivity contribution < 1.29 is 27.0 Å². The number of hydrogen-bond donors (Lipinski definition) is 2. The Hall–Kier alpha value is -2.03. The van der Waals surface area contributed by atoms with Crippen LogP contribution in [0.1, 0.15) is 12.5 Å². The van der Waals surface area contributed by atoms with Gasteiger partial charge in [0.2, 0.25) is 10.0 Å². The van der Waals surface area contributed by atoms with Crippen molar-refractivity contribution in [2.24, 2.45) is 0 Å². The Labute approximate surface area is 145 Å². The van der Waals surface area contributed by atoms with Gasteiger partial charge in [0, 0.05) is 13.0 Å². The van der Waals surface area contributed by atoms with E-state index in [9.17, 15) is 22.3 Å². The summed E-state index contributed by atoms with van der Waals surface area (Å²) < 4.78 is 58.3. The van der Waals surface area contributed by atoms with Crippen LogP contribution in [-0.2, 0) is 16.4 Å². The minimum absolute atomic E-state index is 0.158. The lowest BCUT2D eigenvalue weighted by atomic mass is 9.97. The summed E-state index contributed by atoms with van der Waals surface area (Å²) in [6, 6.07) is 9.08. The van der Waals surface area contributed by atoms with Gasteiger partial charge in [-0.15, -0.1) is 0 Å². The second-order valence-electron chi connectivity index (χ2n) is 5.92. The van der Waals surface area contributed by atoms with Gasteiger partial charge in [0.25, 0.3) is 0 Å².